The molecule has 0 radical (unpaired) electrons. The Morgan fingerprint density at radius 1 is 1.35 bits per heavy atom. The van der Waals surface area contributed by atoms with Crippen molar-refractivity contribution in [2.24, 2.45) is 0 Å². The molecular formula is C16H27N3O. The highest BCUT2D eigenvalue weighted by atomic mass is 16.5. The maximum Gasteiger partial charge on any atom is 0.0857 e. The van der Waals surface area contributed by atoms with Gasteiger partial charge in [-0.25, -0.2) is 0 Å². The summed E-state index contributed by atoms with van der Waals surface area (Å²) in [6.07, 6.45) is 5.87. The molecule has 3 rings (SSSR count). The van der Waals surface area contributed by atoms with Crippen molar-refractivity contribution in [1.82, 2.24) is 15.1 Å². The first-order valence-corrected chi connectivity index (χ1v) is 7.75. The van der Waals surface area contributed by atoms with Gasteiger partial charge in [-0.05, 0) is 47.5 Å². The van der Waals surface area contributed by atoms with Gasteiger partial charge in [-0.2, -0.15) is 5.10 Å². The van der Waals surface area contributed by atoms with Crippen molar-refractivity contribution in [3.8, 4) is 0 Å². The molecule has 1 aliphatic heterocycles. The molecule has 0 amide bonds. The summed E-state index contributed by atoms with van der Waals surface area (Å²) < 4.78 is 8.32. The van der Waals surface area contributed by atoms with E-state index in [1.807, 2.05) is 0 Å². The Morgan fingerprint density at radius 3 is 2.60 bits per heavy atom. The molecule has 20 heavy (non-hydrogen) atoms. The van der Waals surface area contributed by atoms with Gasteiger partial charge < -0.3 is 10.1 Å². The zero-order valence-electron chi connectivity index (χ0n) is 13.4. The van der Waals surface area contributed by atoms with E-state index < -0.39 is 0 Å². The topological polar surface area (TPSA) is 39.1 Å². The van der Waals surface area contributed by atoms with E-state index in [1.54, 1.807) is 0 Å². The largest absolute Gasteiger partial charge is 0.367 e. The van der Waals surface area contributed by atoms with Crippen molar-refractivity contribution in [3.63, 3.8) is 0 Å². The fourth-order valence-corrected chi connectivity index (χ4v) is 3.34. The molecule has 1 saturated carbocycles. The first-order chi connectivity index (χ1) is 9.27. The molecule has 0 spiro atoms. The van der Waals surface area contributed by atoms with Crippen LogP contribution in [0.15, 0.2) is 6.20 Å². The molecule has 1 N–H and O–H groups in total. The number of aryl methyl sites for hydroxylation is 1. The molecule has 4 heteroatoms. The quantitative estimate of drug-likeness (QED) is 0.919. The van der Waals surface area contributed by atoms with Gasteiger partial charge in [0.05, 0.1) is 22.9 Å². The van der Waals surface area contributed by atoms with Gasteiger partial charge in [0, 0.05) is 30.8 Å². The molecular weight excluding hydrogens is 250 g/mol. The molecule has 1 aliphatic carbocycles. The van der Waals surface area contributed by atoms with E-state index in [0.29, 0.717) is 6.04 Å². The molecule has 1 aromatic rings. The average molecular weight is 277 g/mol. The summed E-state index contributed by atoms with van der Waals surface area (Å²) in [5, 5.41) is 8.32. The van der Waals surface area contributed by atoms with Gasteiger partial charge in [0.15, 0.2) is 0 Å². The standard InChI is InChI=1S/C16H27N3O/c1-11-12(9-17-13-6-7-13)10-19(18-11)14-8-15(2,3)20-16(14,4)5/h10,13-14,17H,6-9H2,1-5H3. The van der Waals surface area contributed by atoms with E-state index in [9.17, 15) is 0 Å². The minimum atomic E-state index is -0.164. The minimum absolute atomic E-state index is 0.0690. The first-order valence-electron chi connectivity index (χ1n) is 7.75. The van der Waals surface area contributed by atoms with E-state index in [0.717, 1.165) is 24.7 Å². The van der Waals surface area contributed by atoms with Gasteiger partial charge in [0.1, 0.15) is 0 Å². The molecule has 0 aromatic carbocycles. The summed E-state index contributed by atoms with van der Waals surface area (Å²) in [4.78, 5) is 0. The van der Waals surface area contributed by atoms with Crippen LogP contribution in [0, 0.1) is 6.92 Å². The maximum absolute atomic E-state index is 6.18. The summed E-state index contributed by atoms with van der Waals surface area (Å²) in [7, 11) is 0. The van der Waals surface area contributed by atoms with Crippen LogP contribution in [0.25, 0.3) is 0 Å². The Hall–Kier alpha value is -0.870. The third-order valence-corrected chi connectivity index (χ3v) is 4.52. The van der Waals surface area contributed by atoms with Gasteiger partial charge in [-0.1, -0.05) is 0 Å². The lowest BCUT2D eigenvalue weighted by molar-refractivity contribution is -0.0737. The summed E-state index contributed by atoms with van der Waals surface area (Å²) in [5.74, 6) is 0. The Kier molecular flexibility index (Phi) is 3.22. The second kappa shape index (κ2) is 4.57. The van der Waals surface area contributed by atoms with Crippen molar-refractivity contribution in [2.75, 3.05) is 0 Å². The molecule has 1 aromatic heterocycles. The van der Waals surface area contributed by atoms with Crippen LogP contribution in [0.3, 0.4) is 0 Å². The van der Waals surface area contributed by atoms with Gasteiger partial charge in [-0.3, -0.25) is 4.68 Å². The fourth-order valence-electron chi connectivity index (χ4n) is 3.34. The lowest BCUT2D eigenvalue weighted by Crippen LogP contribution is -2.31. The Bertz CT molecular complexity index is 500. The highest BCUT2D eigenvalue weighted by molar-refractivity contribution is 5.17. The van der Waals surface area contributed by atoms with E-state index in [-0.39, 0.29) is 11.2 Å². The number of rotatable bonds is 4. The average Bonchev–Trinajstić information content (AvgIpc) is 3.01. The fraction of sp³-hybridized carbons (Fsp3) is 0.812. The number of ether oxygens (including phenoxy) is 1. The summed E-state index contributed by atoms with van der Waals surface area (Å²) in [6.45, 7) is 11.7. The van der Waals surface area contributed by atoms with Crippen LogP contribution in [-0.2, 0) is 11.3 Å². The van der Waals surface area contributed by atoms with E-state index in [1.165, 1.54) is 18.4 Å². The van der Waals surface area contributed by atoms with E-state index >= 15 is 0 Å². The van der Waals surface area contributed by atoms with Crippen LogP contribution in [0.2, 0.25) is 0 Å². The van der Waals surface area contributed by atoms with E-state index in [2.05, 4.69) is 50.8 Å². The lowest BCUT2D eigenvalue weighted by Gasteiger charge is -2.27. The summed E-state index contributed by atoms with van der Waals surface area (Å²) >= 11 is 0. The Balaban J connectivity index is 1.77. The highest BCUT2D eigenvalue weighted by Gasteiger charge is 2.47. The van der Waals surface area contributed by atoms with E-state index in [4.69, 9.17) is 9.84 Å². The Morgan fingerprint density at radius 2 is 2.05 bits per heavy atom. The van der Waals surface area contributed by atoms with Gasteiger partial charge in [0.2, 0.25) is 0 Å². The van der Waals surface area contributed by atoms with Crippen molar-refractivity contribution in [3.05, 3.63) is 17.5 Å². The summed E-state index contributed by atoms with van der Waals surface area (Å²) in [6, 6.07) is 1.05. The van der Waals surface area contributed by atoms with Crippen LogP contribution in [0.1, 0.15) is 64.3 Å². The number of hydrogen-bond donors (Lipinski definition) is 1. The number of aromatic nitrogens is 2. The van der Waals surface area contributed by atoms with Crippen LogP contribution in [-0.4, -0.2) is 27.0 Å². The SMILES string of the molecule is Cc1nn(C2CC(C)(C)OC2(C)C)cc1CNC1CC1. The molecule has 2 aliphatic rings. The number of nitrogens with one attached hydrogen (secondary N) is 1. The maximum atomic E-state index is 6.18. The molecule has 1 atom stereocenters. The van der Waals surface area contributed by atoms with Crippen LogP contribution in [0.5, 0.6) is 0 Å². The van der Waals surface area contributed by atoms with Crippen molar-refractivity contribution < 1.29 is 4.74 Å². The zero-order valence-corrected chi connectivity index (χ0v) is 13.4. The van der Waals surface area contributed by atoms with Crippen molar-refractivity contribution in [2.45, 2.75) is 83.7 Å². The molecule has 1 saturated heterocycles. The Labute approximate surface area is 121 Å². The van der Waals surface area contributed by atoms with Crippen molar-refractivity contribution >= 4 is 0 Å². The smallest absolute Gasteiger partial charge is 0.0857 e. The first kappa shape index (κ1) is 14.1. The van der Waals surface area contributed by atoms with Crippen LogP contribution in [0.4, 0.5) is 0 Å². The normalized spacial score (nSPS) is 27.9. The zero-order chi connectivity index (χ0) is 14.5. The highest BCUT2D eigenvalue weighted by Crippen LogP contribution is 2.44. The predicted molar refractivity (Wildman–Crippen MR) is 79.7 cm³/mol. The van der Waals surface area contributed by atoms with Crippen LogP contribution < -0.4 is 5.32 Å². The van der Waals surface area contributed by atoms with Crippen LogP contribution >= 0.6 is 0 Å². The predicted octanol–water partition coefficient (Wildman–Crippen LogP) is 2.96. The lowest BCUT2D eigenvalue weighted by atomic mass is 9.95. The van der Waals surface area contributed by atoms with Gasteiger partial charge in [0.25, 0.3) is 0 Å². The van der Waals surface area contributed by atoms with Gasteiger partial charge in [-0.15, -0.1) is 0 Å². The van der Waals surface area contributed by atoms with Gasteiger partial charge >= 0.3 is 0 Å². The second-order valence-corrected chi connectivity index (χ2v) is 7.56. The molecule has 1 unspecified atom stereocenters. The molecule has 0 bridgehead atoms. The molecule has 112 valence electrons. The molecule has 4 nitrogen and oxygen atoms in total. The summed E-state index contributed by atoms with van der Waals surface area (Å²) in [5.41, 5.74) is 2.22. The third-order valence-electron chi connectivity index (χ3n) is 4.52. The molecule has 2 fully saturated rings. The molecule has 2 heterocycles. The van der Waals surface area contributed by atoms with Crippen molar-refractivity contribution in [1.29, 1.82) is 0 Å². The third kappa shape index (κ3) is 2.77. The number of hydrogen-bond acceptors (Lipinski definition) is 3. The monoisotopic (exact) mass is 277 g/mol. The number of nitrogens with zero attached hydrogens (tertiary/aromatic N) is 2. The second-order valence-electron chi connectivity index (χ2n) is 7.56. The minimum Gasteiger partial charge on any atom is -0.367 e.